The van der Waals surface area contributed by atoms with Crippen LogP contribution in [0.3, 0.4) is 0 Å². The van der Waals surface area contributed by atoms with Crippen LogP contribution < -0.4 is 5.56 Å². The topological polar surface area (TPSA) is 73.8 Å². The quantitative estimate of drug-likeness (QED) is 0.761. The van der Waals surface area contributed by atoms with E-state index in [0.717, 1.165) is 0 Å². The van der Waals surface area contributed by atoms with Gasteiger partial charge in [-0.3, -0.25) is 9.36 Å². The molecule has 0 bridgehead atoms. The number of aromatic nitrogens is 4. The normalized spacial score (nSPS) is 10.7. The number of nitrogens with zero attached hydrogens (tertiary/aromatic N) is 4. The van der Waals surface area contributed by atoms with Crippen LogP contribution >= 0.6 is 23.2 Å². The highest BCUT2D eigenvalue weighted by Crippen LogP contribution is 2.12. The SMILES string of the molecule is Cc1nc(Cn2cnc(Cl)c(Cl)c2=O)no1. The van der Waals surface area contributed by atoms with Gasteiger partial charge in [0.15, 0.2) is 11.0 Å². The Morgan fingerprint density at radius 1 is 1.50 bits per heavy atom. The Morgan fingerprint density at radius 2 is 2.25 bits per heavy atom. The standard InChI is InChI=1S/C8H6Cl2N4O2/c1-4-12-5(13-16-4)2-14-3-11-7(10)6(9)8(14)15/h3H,2H2,1H3. The maximum atomic E-state index is 11.6. The summed E-state index contributed by atoms with van der Waals surface area (Å²) in [5.41, 5.74) is -0.441. The maximum Gasteiger partial charge on any atom is 0.274 e. The molecule has 16 heavy (non-hydrogen) atoms. The molecule has 0 amide bonds. The fourth-order valence-corrected chi connectivity index (χ4v) is 1.40. The Hall–Kier alpha value is -1.40. The average molecular weight is 261 g/mol. The average Bonchev–Trinajstić information content (AvgIpc) is 2.65. The number of hydrogen-bond donors (Lipinski definition) is 0. The lowest BCUT2D eigenvalue weighted by Gasteiger charge is -2.02. The van der Waals surface area contributed by atoms with Crippen molar-refractivity contribution >= 4 is 23.2 Å². The van der Waals surface area contributed by atoms with E-state index >= 15 is 0 Å². The molecule has 0 aliphatic carbocycles. The lowest BCUT2D eigenvalue weighted by Crippen LogP contribution is -2.22. The number of hydrogen-bond acceptors (Lipinski definition) is 5. The molecule has 6 nitrogen and oxygen atoms in total. The number of aryl methyl sites for hydroxylation is 1. The summed E-state index contributed by atoms with van der Waals surface area (Å²) >= 11 is 11.2. The van der Waals surface area contributed by atoms with Gasteiger partial charge in [0.1, 0.15) is 5.02 Å². The van der Waals surface area contributed by atoms with Crippen LogP contribution in [0.4, 0.5) is 0 Å². The van der Waals surface area contributed by atoms with Crippen molar-refractivity contribution in [3.63, 3.8) is 0 Å². The predicted octanol–water partition coefficient (Wildman–Crippen LogP) is 1.29. The Labute approximate surface area is 99.8 Å². The van der Waals surface area contributed by atoms with Crippen LogP contribution in [0.25, 0.3) is 0 Å². The first-order valence-corrected chi connectivity index (χ1v) is 5.03. The van der Waals surface area contributed by atoms with Gasteiger partial charge < -0.3 is 4.52 Å². The second-order valence-corrected chi connectivity index (χ2v) is 3.75. The van der Waals surface area contributed by atoms with E-state index in [0.29, 0.717) is 11.7 Å². The molecule has 0 aromatic carbocycles. The van der Waals surface area contributed by atoms with Crippen molar-refractivity contribution in [2.45, 2.75) is 13.5 Å². The van der Waals surface area contributed by atoms with E-state index in [1.165, 1.54) is 10.9 Å². The van der Waals surface area contributed by atoms with Gasteiger partial charge in [-0.1, -0.05) is 28.4 Å². The maximum absolute atomic E-state index is 11.6. The number of rotatable bonds is 2. The lowest BCUT2D eigenvalue weighted by atomic mass is 10.5. The van der Waals surface area contributed by atoms with Gasteiger partial charge in [-0.2, -0.15) is 4.98 Å². The first-order valence-electron chi connectivity index (χ1n) is 4.27. The molecule has 2 aromatic heterocycles. The van der Waals surface area contributed by atoms with Crippen LogP contribution in [0.1, 0.15) is 11.7 Å². The summed E-state index contributed by atoms with van der Waals surface area (Å²) in [6.45, 7) is 1.80. The summed E-state index contributed by atoms with van der Waals surface area (Å²) < 4.78 is 6.02. The van der Waals surface area contributed by atoms with Crippen molar-refractivity contribution < 1.29 is 4.52 Å². The van der Waals surface area contributed by atoms with Gasteiger partial charge in [-0.15, -0.1) is 0 Å². The molecule has 0 saturated carbocycles. The summed E-state index contributed by atoms with van der Waals surface area (Å²) in [5, 5.41) is 3.51. The fourth-order valence-electron chi connectivity index (χ4n) is 1.11. The fraction of sp³-hybridized carbons (Fsp3) is 0.250. The molecule has 2 rings (SSSR count). The molecule has 0 saturated heterocycles. The number of halogens is 2. The minimum absolute atomic E-state index is 0.0211. The molecule has 0 aliphatic heterocycles. The van der Waals surface area contributed by atoms with Crippen molar-refractivity contribution in [1.82, 2.24) is 19.7 Å². The molecule has 0 fully saturated rings. The van der Waals surface area contributed by atoms with E-state index in [2.05, 4.69) is 15.1 Å². The summed E-state index contributed by atoms with van der Waals surface area (Å²) in [5.74, 6) is 0.802. The summed E-state index contributed by atoms with van der Waals surface area (Å²) in [6, 6.07) is 0. The summed E-state index contributed by atoms with van der Waals surface area (Å²) in [4.78, 5) is 19.3. The smallest absolute Gasteiger partial charge is 0.274 e. The first kappa shape index (κ1) is 11.1. The van der Waals surface area contributed by atoms with Crippen LogP contribution in [-0.2, 0) is 6.54 Å². The molecule has 0 radical (unpaired) electrons. The molecule has 0 N–H and O–H groups in total. The molecule has 0 atom stereocenters. The van der Waals surface area contributed by atoms with Gasteiger partial charge in [-0.25, -0.2) is 4.98 Å². The van der Waals surface area contributed by atoms with Crippen molar-refractivity contribution in [2.75, 3.05) is 0 Å². The molecule has 0 spiro atoms. The minimum Gasteiger partial charge on any atom is -0.340 e. The molecular weight excluding hydrogens is 255 g/mol. The first-order chi connectivity index (χ1) is 7.58. The molecule has 2 aromatic rings. The largest absolute Gasteiger partial charge is 0.340 e. The van der Waals surface area contributed by atoms with Gasteiger partial charge in [0.05, 0.1) is 12.9 Å². The Morgan fingerprint density at radius 3 is 2.88 bits per heavy atom. The van der Waals surface area contributed by atoms with Crippen molar-refractivity contribution in [1.29, 1.82) is 0 Å². The second-order valence-electron chi connectivity index (χ2n) is 3.01. The highest BCUT2D eigenvalue weighted by molar-refractivity contribution is 6.40. The Kier molecular flexibility index (Phi) is 2.93. The molecule has 0 aliphatic rings. The van der Waals surface area contributed by atoms with Gasteiger partial charge in [0.2, 0.25) is 5.89 Å². The van der Waals surface area contributed by atoms with E-state index in [-0.39, 0.29) is 16.7 Å². The van der Waals surface area contributed by atoms with E-state index in [4.69, 9.17) is 27.7 Å². The molecular formula is C8H6Cl2N4O2. The zero-order chi connectivity index (χ0) is 11.7. The third-order valence-corrected chi connectivity index (χ3v) is 2.55. The second kappa shape index (κ2) is 4.23. The van der Waals surface area contributed by atoms with Crippen molar-refractivity contribution in [3.8, 4) is 0 Å². The monoisotopic (exact) mass is 260 g/mol. The van der Waals surface area contributed by atoms with Crippen LogP contribution in [-0.4, -0.2) is 19.7 Å². The van der Waals surface area contributed by atoms with Gasteiger partial charge in [0, 0.05) is 6.92 Å². The van der Waals surface area contributed by atoms with E-state index in [1.807, 2.05) is 0 Å². The zero-order valence-corrected chi connectivity index (χ0v) is 9.66. The van der Waals surface area contributed by atoms with Gasteiger partial charge in [0.25, 0.3) is 5.56 Å². The zero-order valence-electron chi connectivity index (χ0n) is 8.15. The minimum atomic E-state index is -0.441. The van der Waals surface area contributed by atoms with E-state index in [1.54, 1.807) is 6.92 Å². The van der Waals surface area contributed by atoms with E-state index in [9.17, 15) is 4.79 Å². The van der Waals surface area contributed by atoms with E-state index < -0.39 is 5.56 Å². The van der Waals surface area contributed by atoms with Crippen molar-refractivity contribution in [3.05, 3.63) is 38.6 Å². The third-order valence-electron chi connectivity index (χ3n) is 1.82. The summed E-state index contributed by atoms with van der Waals surface area (Å²) in [6.07, 6.45) is 1.28. The highest BCUT2D eigenvalue weighted by Gasteiger charge is 2.10. The van der Waals surface area contributed by atoms with Crippen LogP contribution in [0.2, 0.25) is 10.2 Å². The molecule has 0 unspecified atom stereocenters. The predicted molar refractivity (Wildman–Crippen MR) is 56.7 cm³/mol. The van der Waals surface area contributed by atoms with Gasteiger partial charge in [-0.05, 0) is 0 Å². The Bertz CT molecular complexity index is 578. The lowest BCUT2D eigenvalue weighted by molar-refractivity contribution is 0.385. The van der Waals surface area contributed by atoms with Crippen LogP contribution in [0, 0.1) is 6.92 Å². The highest BCUT2D eigenvalue weighted by atomic mass is 35.5. The van der Waals surface area contributed by atoms with Crippen molar-refractivity contribution in [2.24, 2.45) is 0 Å². The molecule has 8 heteroatoms. The van der Waals surface area contributed by atoms with Crippen LogP contribution in [0.15, 0.2) is 15.6 Å². The third kappa shape index (κ3) is 2.07. The summed E-state index contributed by atoms with van der Waals surface area (Å²) in [7, 11) is 0. The van der Waals surface area contributed by atoms with Crippen LogP contribution in [0.5, 0.6) is 0 Å². The molecule has 2 heterocycles. The Balaban J connectivity index is 2.36. The molecule has 84 valence electrons. The van der Waals surface area contributed by atoms with Gasteiger partial charge >= 0.3 is 0 Å².